The molecule has 0 atom stereocenters. The maximum atomic E-state index is 12.6. The van der Waals surface area contributed by atoms with Crippen LogP contribution in [-0.4, -0.2) is 28.1 Å². The van der Waals surface area contributed by atoms with Crippen LogP contribution in [0.3, 0.4) is 0 Å². The van der Waals surface area contributed by atoms with E-state index in [-0.39, 0.29) is 0 Å². The summed E-state index contributed by atoms with van der Waals surface area (Å²) in [6.45, 7) is 8.51. The Hall–Kier alpha value is -1.80. The van der Waals surface area contributed by atoms with Crippen LogP contribution >= 0.6 is 0 Å². The second kappa shape index (κ2) is 6.42. The molecule has 0 saturated carbocycles. The number of hydrogen-bond acceptors (Lipinski definition) is 3. The number of aromatic nitrogens is 2. The molecule has 26 heavy (non-hydrogen) atoms. The summed E-state index contributed by atoms with van der Waals surface area (Å²) in [5, 5.41) is 4.30. The molecule has 140 valence electrons. The Morgan fingerprint density at radius 3 is 2.15 bits per heavy atom. The van der Waals surface area contributed by atoms with Gasteiger partial charge in [-0.05, 0) is 51.8 Å². The van der Waals surface area contributed by atoms with Crippen molar-refractivity contribution in [1.29, 1.82) is 0 Å². The van der Waals surface area contributed by atoms with Crippen molar-refractivity contribution in [3.05, 3.63) is 47.8 Å². The van der Waals surface area contributed by atoms with Crippen LogP contribution in [0.15, 0.2) is 36.7 Å². The first-order valence-electron chi connectivity index (χ1n) is 8.52. The van der Waals surface area contributed by atoms with Crippen molar-refractivity contribution >= 4 is 12.6 Å². The van der Waals surface area contributed by atoms with Gasteiger partial charge in [-0.15, -0.1) is 0 Å². The number of aryl methyl sites for hydroxylation is 2. The van der Waals surface area contributed by atoms with Gasteiger partial charge in [0.15, 0.2) is 0 Å². The molecule has 0 unspecified atom stereocenters. The van der Waals surface area contributed by atoms with Crippen LogP contribution in [0.2, 0.25) is 0 Å². The number of nitrogens with zero attached hydrogens (tertiary/aromatic N) is 2. The molecule has 0 bridgehead atoms. The van der Waals surface area contributed by atoms with E-state index in [2.05, 4.69) is 5.10 Å². The summed E-state index contributed by atoms with van der Waals surface area (Å²) in [5.74, 6) is 0. The zero-order valence-electron chi connectivity index (χ0n) is 15.3. The molecule has 0 spiro atoms. The van der Waals surface area contributed by atoms with E-state index in [1.807, 2.05) is 33.9 Å². The fraction of sp³-hybridized carbons (Fsp3) is 0.500. The van der Waals surface area contributed by atoms with Crippen LogP contribution in [0.1, 0.15) is 38.8 Å². The average molecular weight is 366 g/mol. The minimum absolute atomic E-state index is 0.417. The third-order valence-corrected chi connectivity index (χ3v) is 5.09. The highest BCUT2D eigenvalue weighted by Crippen LogP contribution is 2.36. The van der Waals surface area contributed by atoms with Crippen molar-refractivity contribution in [3.63, 3.8) is 0 Å². The first-order valence-corrected chi connectivity index (χ1v) is 8.52. The minimum atomic E-state index is -4.31. The Balaban J connectivity index is 1.61. The molecule has 1 aliphatic heterocycles. The molecule has 0 amide bonds. The van der Waals surface area contributed by atoms with E-state index in [1.54, 1.807) is 10.9 Å². The van der Waals surface area contributed by atoms with Crippen molar-refractivity contribution in [2.75, 3.05) is 0 Å². The Morgan fingerprint density at radius 2 is 1.62 bits per heavy atom. The second-order valence-corrected chi connectivity index (χ2v) is 7.57. The lowest BCUT2D eigenvalue weighted by Crippen LogP contribution is -2.41. The molecule has 4 nitrogen and oxygen atoms in total. The summed E-state index contributed by atoms with van der Waals surface area (Å²) in [4.78, 5) is 0. The summed E-state index contributed by atoms with van der Waals surface area (Å²) in [6, 6.07) is 5.21. The summed E-state index contributed by atoms with van der Waals surface area (Å²) < 4.78 is 51.5. The van der Waals surface area contributed by atoms with E-state index in [1.165, 1.54) is 12.1 Å². The third kappa shape index (κ3) is 3.81. The van der Waals surface area contributed by atoms with Crippen molar-refractivity contribution in [2.45, 2.75) is 58.0 Å². The quantitative estimate of drug-likeness (QED) is 0.778. The van der Waals surface area contributed by atoms with Gasteiger partial charge in [0.2, 0.25) is 0 Å². The van der Waals surface area contributed by atoms with Crippen molar-refractivity contribution in [3.8, 4) is 0 Å². The Kier molecular flexibility index (Phi) is 4.69. The number of rotatable bonds is 4. The van der Waals surface area contributed by atoms with Crippen LogP contribution in [0.5, 0.6) is 0 Å². The Morgan fingerprint density at radius 1 is 1.04 bits per heavy atom. The first-order chi connectivity index (χ1) is 12.0. The van der Waals surface area contributed by atoms with Gasteiger partial charge < -0.3 is 9.31 Å². The van der Waals surface area contributed by atoms with Gasteiger partial charge >= 0.3 is 13.3 Å². The van der Waals surface area contributed by atoms with E-state index in [0.29, 0.717) is 13.0 Å². The van der Waals surface area contributed by atoms with Gasteiger partial charge in [-0.2, -0.15) is 18.3 Å². The van der Waals surface area contributed by atoms with Gasteiger partial charge in [0, 0.05) is 24.4 Å². The van der Waals surface area contributed by atoms with E-state index >= 15 is 0 Å². The molecule has 1 aliphatic rings. The van der Waals surface area contributed by atoms with E-state index in [0.717, 1.165) is 23.2 Å². The number of alkyl halides is 3. The number of halogens is 3. The van der Waals surface area contributed by atoms with Crippen molar-refractivity contribution in [1.82, 2.24) is 9.78 Å². The average Bonchev–Trinajstić information content (AvgIpc) is 3.07. The van der Waals surface area contributed by atoms with Crippen LogP contribution < -0.4 is 5.46 Å². The third-order valence-electron chi connectivity index (χ3n) is 5.09. The zero-order valence-corrected chi connectivity index (χ0v) is 15.3. The van der Waals surface area contributed by atoms with Crippen LogP contribution in [0.4, 0.5) is 13.2 Å². The monoisotopic (exact) mass is 366 g/mol. The van der Waals surface area contributed by atoms with E-state index in [4.69, 9.17) is 9.31 Å². The van der Waals surface area contributed by atoms with Gasteiger partial charge in [-0.1, -0.05) is 12.1 Å². The lowest BCUT2D eigenvalue weighted by atomic mass is 9.82. The predicted molar refractivity (Wildman–Crippen MR) is 93.1 cm³/mol. The molecule has 1 fully saturated rings. The molecule has 0 N–H and O–H groups in total. The summed E-state index contributed by atoms with van der Waals surface area (Å²) in [5.41, 5.74) is 0.185. The number of benzene rings is 1. The van der Waals surface area contributed by atoms with Gasteiger partial charge in [0.1, 0.15) is 0 Å². The summed E-state index contributed by atoms with van der Waals surface area (Å²) in [7, 11) is -0.472. The lowest BCUT2D eigenvalue weighted by Gasteiger charge is -2.32. The van der Waals surface area contributed by atoms with Crippen molar-refractivity contribution in [2.24, 2.45) is 0 Å². The molecule has 2 heterocycles. The van der Waals surface area contributed by atoms with Crippen LogP contribution in [0.25, 0.3) is 0 Å². The predicted octanol–water partition coefficient (Wildman–Crippen LogP) is 3.44. The molecule has 8 heteroatoms. The zero-order chi connectivity index (χ0) is 19.2. The highest BCUT2D eigenvalue weighted by atomic mass is 19.4. The molecular weight excluding hydrogens is 344 g/mol. The van der Waals surface area contributed by atoms with Crippen LogP contribution in [-0.2, 0) is 28.5 Å². The molecule has 0 radical (unpaired) electrons. The SMILES string of the molecule is CC1(C)OB(c2cnn(CCc3ccc(C(F)(F)F)cc3)c2)OC1(C)C. The van der Waals surface area contributed by atoms with E-state index in [9.17, 15) is 13.2 Å². The van der Waals surface area contributed by atoms with Gasteiger partial charge in [0.05, 0.1) is 16.8 Å². The van der Waals surface area contributed by atoms with Gasteiger partial charge in [0.25, 0.3) is 0 Å². The fourth-order valence-corrected chi connectivity index (χ4v) is 2.71. The van der Waals surface area contributed by atoms with Gasteiger partial charge in [-0.25, -0.2) is 0 Å². The largest absolute Gasteiger partial charge is 0.498 e. The molecule has 1 saturated heterocycles. The first kappa shape index (κ1) is 19.0. The normalized spacial score (nSPS) is 19.1. The maximum Gasteiger partial charge on any atom is 0.498 e. The standard InChI is InChI=1S/C18H22BF3N2O2/c1-16(2)17(3,4)26-19(25-16)15-11-23-24(12-15)10-9-13-5-7-14(8-6-13)18(20,21)22/h5-8,11-12H,9-10H2,1-4H3. The van der Waals surface area contributed by atoms with Crippen molar-refractivity contribution < 1.29 is 22.5 Å². The molecule has 2 aromatic rings. The summed E-state index contributed by atoms with van der Waals surface area (Å²) >= 11 is 0. The van der Waals surface area contributed by atoms with Crippen LogP contribution in [0, 0.1) is 0 Å². The maximum absolute atomic E-state index is 12.6. The Bertz CT molecular complexity index is 753. The lowest BCUT2D eigenvalue weighted by molar-refractivity contribution is -0.137. The highest BCUT2D eigenvalue weighted by molar-refractivity contribution is 6.61. The fourth-order valence-electron chi connectivity index (χ4n) is 2.71. The molecule has 1 aromatic carbocycles. The van der Waals surface area contributed by atoms with E-state index < -0.39 is 30.1 Å². The Labute approximate surface area is 151 Å². The van der Waals surface area contributed by atoms with Gasteiger partial charge in [-0.3, -0.25) is 4.68 Å². The highest BCUT2D eigenvalue weighted by Gasteiger charge is 2.52. The minimum Gasteiger partial charge on any atom is -0.399 e. The molecule has 3 rings (SSSR count). The summed E-state index contributed by atoms with van der Waals surface area (Å²) in [6.07, 6.45) is -0.165. The topological polar surface area (TPSA) is 36.3 Å². The molecule has 0 aliphatic carbocycles. The smallest absolute Gasteiger partial charge is 0.399 e. The second-order valence-electron chi connectivity index (χ2n) is 7.57. The molecule has 1 aromatic heterocycles. The number of hydrogen-bond donors (Lipinski definition) is 0. The molecular formula is C18H22BF3N2O2.